The Morgan fingerprint density at radius 1 is 1.25 bits per heavy atom. The van der Waals surface area contributed by atoms with Crippen LogP contribution in [0.2, 0.25) is 0 Å². The molecule has 1 amide bonds. The van der Waals surface area contributed by atoms with Crippen LogP contribution in [0.25, 0.3) is 16.8 Å². The first-order chi connectivity index (χ1) is 17.5. The van der Waals surface area contributed by atoms with Crippen LogP contribution in [-0.2, 0) is 15.8 Å². The molecule has 0 aromatic carbocycles. The molecule has 2 fully saturated rings. The number of piperidine rings is 2. The lowest BCUT2D eigenvalue weighted by molar-refractivity contribution is 0.0796. The van der Waals surface area contributed by atoms with Crippen LogP contribution in [0.15, 0.2) is 24.7 Å². The standard InChI is InChI=1S/C22H30N8O5S/c1-34-22(31)29-9-4-17(5-10-29)35-19-18(15-12-23-24-13-15)6-11-30-20(19)26-21(27-30)25-16-2-7-28(8-3-16)14-36(32)33/h6,11-13,16-17H,2-5,7-10,14H2,1H3,(H,23,24)(H,25,27)(H,32,33). The Kier molecular flexibility index (Phi) is 7.34. The number of rotatable bonds is 7. The van der Waals surface area contributed by atoms with Crippen LogP contribution in [-0.4, -0.2) is 101 Å². The second-order valence-corrected chi connectivity index (χ2v) is 9.91. The number of pyridine rings is 1. The third kappa shape index (κ3) is 5.44. The Morgan fingerprint density at radius 2 is 2.03 bits per heavy atom. The van der Waals surface area contributed by atoms with E-state index in [1.807, 2.05) is 17.2 Å². The first-order valence-electron chi connectivity index (χ1n) is 11.9. The molecule has 3 aromatic rings. The molecule has 2 saturated heterocycles. The van der Waals surface area contributed by atoms with Crippen molar-refractivity contribution in [2.24, 2.45) is 0 Å². The molecule has 0 saturated carbocycles. The van der Waals surface area contributed by atoms with E-state index < -0.39 is 11.1 Å². The number of amides is 1. The highest BCUT2D eigenvalue weighted by Crippen LogP contribution is 2.35. The summed E-state index contributed by atoms with van der Waals surface area (Å²) in [7, 11) is 1.39. The largest absolute Gasteiger partial charge is 0.486 e. The molecule has 0 spiro atoms. The first-order valence-corrected chi connectivity index (χ1v) is 13.2. The zero-order valence-corrected chi connectivity index (χ0v) is 20.8. The number of methoxy groups -OCH3 is 1. The third-order valence-corrected chi connectivity index (χ3v) is 7.23. The van der Waals surface area contributed by atoms with E-state index in [0.717, 1.165) is 37.1 Å². The number of ether oxygens (including phenoxy) is 2. The number of nitrogens with zero attached hydrogens (tertiary/aromatic N) is 6. The Morgan fingerprint density at radius 3 is 2.69 bits per heavy atom. The van der Waals surface area contributed by atoms with Crippen LogP contribution >= 0.6 is 0 Å². The van der Waals surface area contributed by atoms with Gasteiger partial charge in [-0.3, -0.25) is 10.00 Å². The fourth-order valence-corrected chi connectivity index (χ4v) is 5.29. The van der Waals surface area contributed by atoms with Crippen LogP contribution in [0.5, 0.6) is 5.75 Å². The highest BCUT2D eigenvalue weighted by molar-refractivity contribution is 7.79. The number of H-pyrrole nitrogens is 1. The summed E-state index contributed by atoms with van der Waals surface area (Å²) in [6.07, 6.45) is 8.00. The number of hydrogen-bond donors (Lipinski definition) is 3. The van der Waals surface area contributed by atoms with E-state index >= 15 is 0 Å². The van der Waals surface area contributed by atoms with Gasteiger partial charge in [-0.1, -0.05) is 0 Å². The van der Waals surface area contributed by atoms with Crippen molar-refractivity contribution in [2.75, 3.05) is 44.5 Å². The minimum absolute atomic E-state index is 0.0859. The number of nitrogens with one attached hydrogen (secondary N) is 2. The number of carbonyl (C=O) groups is 1. The Hall–Kier alpha value is -3.23. The lowest BCUT2D eigenvalue weighted by atomic mass is 10.1. The second-order valence-electron chi connectivity index (χ2n) is 9.01. The fourth-order valence-electron chi connectivity index (χ4n) is 4.72. The van der Waals surface area contributed by atoms with Crippen molar-refractivity contribution in [1.82, 2.24) is 34.6 Å². The molecule has 0 radical (unpaired) electrons. The van der Waals surface area contributed by atoms with Crippen molar-refractivity contribution in [3.8, 4) is 16.9 Å². The van der Waals surface area contributed by atoms with Gasteiger partial charge in [0.05, 0.1) is 13.3 Å². The van der Waals surface area contributed by atoms with Crippen LogP contribution in [0.4, 0.5) is 10.7 Å². The van der Waals surface area contributed by atoms with Crippen molar-refractivity contribution in [3.05, 3.63) is 24.7 Å². The van der Waals surface area contributed by atoms with Gasteiger partial charge in [-0.2, -0.15) is 10.1 Å². The number of likely N-dealkylation sites (tertiary alicyclic amines) is 2. The highest BCUT2D eigenvalue weighted by atomic mass is 32.2. The van der Waals surface area contributed by atoms with Gasteiger partial charge in [-0.25, -0.2) is 13.5 Å². The van der Waals surface area contributed by atoms with Crippen molar-refractivity contribution >= 4 is 28.8 Å². The van der Waals surface area contributed by atoms with Gasteiger partial charge in [-0.15, -0.1) is 5.10 Å². The van der Waals surface area contributed by atoms with Gasteiger partial charge in [0.2, 0.25) is 5.95 Å². The van der Waals surface area contributed by atoms with Gasteiger partial charge in [0.25, 0.3) is 0 Å². The Bertz CT molecular complexity index is 1200. The van der Waals surface area contributed by atoms with Gasteiger partial charge in [0.1, 0.15) is 12.0 Å². The van der Waals surface area contributed by atoms with Crippen molar-refractivity contribution in [3.63, 3.8) is 0 Å². The summed E-state index contributed by atoms with van der Waals surface area (Å²) >= 11 is -1.82. The summed E-state index contributed by atoms with van der Waals surface area (Å²) in [6, 6.07) is 2.11. The summed E-state index contributed by atoms with van der Waals surface area (Å²) < 4.78 is 33.2. The van der Waals surface area contributed by atoms with Gasteiger partial charge < -0.3 is 24.2 Å². The highest BCUT2D eigenvalue weighted by Gasteiger charge is 2.27. The maximum Gasteiger partial charge on any atom is 0.409 e. The maximum absolute atomic E-state index is 11.8. The summed E-state index contributed by atoms with van der Waals surface area (Å²) in [4.78, 5) is 20.3. The number of anilines is 1. The molecule has 14 heteroatoms. The van der Waals surface area contributed by atoms with Crippen molar-refractivity contribution < 1.29 is 23.0 Å². The van der Waals surface area contributed by atoms with Gasteiger partial charge in [0.15, 0.2) is 22.5 Å². The van der Waals surface area contributed by atoms with E-state index in [1.165, 1.54) is 7.11 Å². The summed E-state index contributed by atoms with van der Waals surface area (Å²) in [6.45, 7) is 2.59. The lowest BCUT2D eigenvalue weighted by Crippen LogP contribution is -2.41. The number of hydrogen-bond acceptors (Lipinski definition) is 9. The molecule has 2 aliphatic rings. The predicted molar refractivity (Wildman–Crippen MR) is 132 cm³/mol. The van der Waals surface area contributed by atoms with Crippen molar-refractivity contribution in [1.29, 1.82) is 0 Å². The number of fused-ring (bicyclic) bond motifs is 1. The Balaban J connectivity index is 1.34. The monoisotopic (exact) mass is 518 g/mol. The van der Waals surface area contributed by atoms with Gasteiger partial charge in [-0.05, 0) is 18.9 Å². The van der Waals surface area contributed by atoms with E-state index in [4.69, 9.17) is 19.0 Å². The summed E-state index contributed by atoms with van der Waals surface area (Å²) in [5, 5.41) is 15.0. The molecule has 194 valence electrons. The first kappa shape index (κ1) is 24.5. The van der Waals surface area contributed by atoms with Crippen LogP contribution in [0, 0.1) is 0 Å². The quantitative estimate of drug-likeness (QED) is 0.395. The minimum atomic E-state index is -1.82. The van der Waals surface area contributed by atoms with Crippen LogP contribution in [0.1, 0.15) is 25.7 Å². The molecule has 36 heavy (non-hydrogen) atoms. The number of aromatic amines is 1. The fraction of sp³-hybridized carbons (Fsp3) is 0.545. The van der Waals surface area contributed by atoms with E-state index in [1.54, 1.807) is 21.8 Å². The summed E-state index contributed by atoms with van der Waals surface area (Å²) in [5.74, 6) is 1.31. The summed E-state index contributed by atoms with van der Waals surface area (Å²) in [5.41, 5.74) is 2.33. The van der Waals surface area contributed by atoms with E-state index in [-0.39, 0.29) is 24.1 Å². The zero-order valence-electron chi connectivity index (χ0n) is 20.0. The smallest absolute Gasteiger partial charge is 0.409 e. The molecule has 2 aliphatic heterocycles. The second kappa shape index (κ2) is 10.8. The molecule has 0 aliphatic carbocycles. The molecule has 3 aromatic heterocycles. The van der Waals surface area contributed by atoms with Gasteiger partial charge in [0, 0.05) is 68.6 Å². The molecule has 13 nitrogen and oxygen atoms in total. The van der Waals surface area contributed by atoms with Crippen molar-refractivity contribution in [2.45, 2.75) is 37.8 Å². The average Bonchev–Trinajstić information content (AvgIpc) is 3.55. The molecule has 1 atom stereocenters. The average molecular weight is 519 g/mol. The van der Waals surface area contributed by atoms with E-state index in [0.29, 0.717) is 43.3 Å². The molecular formula is C22H30N8O5S. The Labute approximate surface area is 210 Å². The van der Waals surface area contributed by atoms with E-state index in [9.17, 15) is 9.00 Å². The predicted octanol–water partition coefficient (Wildman–Crippen LogP) is 1.78. The molecule has 0 bridgehead atoms. The van der Waals surface area contributed by atoms with Crippen LogP contribution in [0.3, 0.4) is 0 Å². The molecule has 5 heterocycles. The SMILES string of the molecule is COC(=O)N1CCC(Oc2c(-c3cn[nH]c3)ccn3nc(NC4CCN(CS(=O)O)CC4)nc23)CC1. The zero-order chi connectivity index (χ0) is 25.1. The molecule has 1 unspecified atom stereocenters. The minimum Gasteiger partial charge on any atom is -0.486 e. The molecular weight excluding hydrogens is 488 g/mol. The number of carbonyl (C=O) groups excluding carboxylic acids is 1. The van der Waals surface area contributed by atoms with Gasteiger partial charge >= 0.3 is 6.09 Å². The maximum atomic E-state index is 11.8. The topological polar surface area (TPSA) is 150 Å². The normalized spacial score (nSPS) is 18.9. The number of aromatic nitrogens is 5. The molecule has 5 rings (SSSR count). The molecule has 3 N–H and O–H groups in total. The lowest BCUT2D eigenvalue weighted by Gasteiger charge is -2.31. The van der Waals surface area contributed by atoms with E-state index in [2.05, 4.69) is 20.6 Å². The third-order valence-electron chi connectivity index (χ3n) is 6.64. The van der Waals surface area contributed by atoms with Crippen LogP contribution < -0.4 is 10.1 Å².